The molecule has 2 amide bonds. The SMILES string of the molecule is COc1ccc(CCN2C[C@H](NC(=O)c3ccc(C)nc3)CC2=O)cc1. The predicted molar refractivity (Wildman–Crippen MR) is 98.1 cm³/mol. The first kappa shape index (κ1) is 17.9. The molecule has 6 heteroatoms. The quantitative estimate of drug-likeness (QED) is 0.862. The van der Waals surface area contributed by atoms with E-state index < -0.39 is 0 Å². The van der Waals surface area contributed by atoms with E-state index in [1.165, 1.54) is 0 Å². The van der Waals surface area contributed by atoms with Gasteiger partial charge in [-0.25, -0.2) is 0 Å². The molecule has 0 spiro atoms. The third-order valence-electron chi connectivity index (χ3n) is 4.55. The van der Waals surface area contributed by atoms with Crippen molar-refractivity contribution in [1.29, 1.82) is 0 Å². The number of carbonyl (C=O) groups is 2. The molecule has 1 fully saturated rings. The molecule has 0 bridgehead atoms. The molecule has 0 saturated carbocycles. The van der Waals surface area contributed by atoms with Crippen LogP contribution in [0.15, 0.2) is 42.6 Å². The highest BCUT2D eigenvalue weighted by Crippen LogP contribution is 2.15. The average Bonchev–Trinajstić information content (AvgIpc) is 3.00. The number of amides is 2. The number of ether oxygens (including phenoxy) is 1. The van der Waals surface area contributed by atoms with Gasteiger partial charge >= 0.3 is 0 Å². The van der Waals surface area contributed by atoms with E-state index in [0.717, 1.165) is 23.4 Å². The van der Waals surface area contributed by atoms with Gasteiger partial charge in [-0.1, -0.05) is 12.1 Å². The Morgan fingerprint density at radius 2 is 2.04 bits per heavy atom. The molecule has 0 unspecified atom stereocenters. The largest absolute Gasteiger partial charge is 0.497 e. The Kier molecular flexibility index (Phi) is 5.51. The van der Waals surface area contributed by atoms with E-state index in [4.69, 9.17) is 4.74 Å². The van der Waals surface area contributed by atoms with E-state index in [0.29, 0.717) is 25.1 Å². The van der Waals surface area contributed by atoms with E-state index in [1.54, 1.807) is 25.4 Å². The van der Waals surface area contributed by atoms with Crippen LogP contribution in [0.4, 0.5) is 0 Å². The minimum Gasteiger partial charge on any atom is -0.497 e. The van der Waals surface area contributed by atoms with E-state index in [1.807, 2.05) is 36.1 Å². The molecule has 26 heavy (non-hydrogen) atoms. The second kappa shape index (κ2) is 7.99. The monoisotopic (exact) mass is 353 g/mol. The molecule has 1 atom stereocenters. The van der Waals surface area contributed by atoms with Crippen LogP contribution in [0.25, 0.3) is 0 Å². The first-order valence-electron chi connectivity index (χ1n) is 8.69. The van der Waals surface area contributed by atoms with Gasteiger partial charge in [-0.15, -0.1) is 0 Å². The zero-order valence-electron chi connectivity index (χ0n) is 15.1. The number of hydrogen-bond donors (Lipinski definition) is 1. The van der Waals surface area contributed by atoms with E-state index in [-0.39, 0.29) is 17.9 Å². The number of aryl methyl sites for hydroxylation is 1. The summed E-state index contributed by atoms with van der Waals surface area (Å²) in [5, 5.41) is 2.93. The van der Waals surface area contributed by atoms with Crippen LogP contribution in [-0.2, 0) is 11.2 Å². The fourth-order valence-corrected chi connectivity index (χ4v) is 3.01. The molecule has 0 aliphatic carbocycles. The standard InChI is InChI=1S/C20H23N3O3/c1-14-3-6-16(12-21-14)20(25)22-17-11-19(24)23(13-17)10-9-15-4-7-18(26-2)8-5-15/h3-8,12,17H,9-11,13H2,1-2H3,(H,22,25)/t17-/m1/s1. The second-order valence-corrected chi connectivity index (χ2v) is 6.50. The summed E-state index contributed by atoms with van der Waals surface area (Å²) < 4.78 is 5.15. The fourth-order valence-electron chi connectivity index (χ4n) is 3.01. The normalized spacial score (nSPS) is 16.6. The minimum atomic E-state index is -0.188. The highest BCUT2D eigenvalue weighted by Gasteiger charge is 2.30. The predicted octanol–water partition coefficient (Wildman–Crippen LogP) is 1.97. The van der Waals surface area contributed by atoms with Crippen molar-refractivity contribution in [3.8, 4) is 5.75 Å². The molecule has 1 saturated heterocycles. The Balaban J connectivity index is 1.51. The summed E-state index contributed by atoms with van der Waals surface area (Å²) in [6.07, 6.45) is 2.68. The first-order chi connectivity index (χ1) is 12.5. The number of likely N-dealkylation sites (tertiary alicyclic amines) is 1. The van der Waals surface area contributed by atoms with Gasteiger partial charge in [0.25, 0.3) is 5.91 Å². The van der Waals surface area contributed by atoms with Crippen LogP contribution >= 0.6 is 0 Å². The second-order valence-electron chi connectivity index (χ2n) is 6.50. The molecule has 1 N–H and O–H groups in total. The number of benzene rings is 1. The van der Waals surface area contributed by atoms with E-state index >= 15 is 0 Å². The number of rotatable bonds is 6. The lowest BCUT2D eigenvalue weighted by Crippen LogP contribution is -2.37. The van der Waals surface area contributed by atoms with Crippen LogP contribution in [-0.4, -0.2) is 47.9 Å². The van der Waals surface area contributed by atoms with Crippen molar-refractivity contribution in [3.05, 3.63) is 59.4 Å². The Hall–Kier alpha value is -2.89. The van der Waals surface area contributed by atoms with Crippen molar-refractivity contribution >= 4 is 11.8 Å². The van der Waals surface area contributed by atoms with Crippen LogP contribution in [0, 0.1) is 6.92 Å². The van der Waals surface area contributed by atoms with Gasteiger partial charge in [0, 0.05) is 31.4 Å². The maximum Gasteiger partial charge on any atom is 0.253 e. The first-order valence-corrected chi connectivity index (χ1v) is 8.69. The summed E-state index contributed by atoms with van der Waals surface area (Å²) in [5.74, 6) is 0.706. The van der Waals surface area contributed by atoms with Crippen molar-refractivity contribution < 1.29 is 14.3 Å². The zero-order valence-corrected chi connectivity index (χ0v) is 15.1. The molecule has 2 aromatic rings. The Bertz CT molecular complexity index is 772. The summed E-state index contributed by atoms with van der Waals surface area (Å²) in [5.41, 5.74) is 2.53. The number of pyridine rings is 1. The molecule has 0 radical (unpaired) electrons. The van der Waals surface area contributed by atoms with E-state index in [2.05, 4.69) is 10.3 Å². The highest BCUT2D eigenvalue weighted by atomic mass is 16.5. The van der Waals surface area contributed by atoms with Gasteiger partial charge in [-0.05, 0) is 43.2 Å². The minimum absolute atomic E-state index is 0.0749. The van der Waals surface area contributed by atoms with Gasteiger partial charge in [-0.3, -0.25) is 14.6 Å². The van der Waals surface area contributed by atoms with Gasteiger partial charge in [-0.2, -0.15) is 0 Å². The number of nitrogens with one attached hydrogen (secondary N) is 1. The van der Waals surface area contributed by atoms with Crippen molar-refractivity contribution in [1.82, 2.24) is 15.2 Å². The van der Waals surface area contributed by atoms with Crippen LogP contribution in [0.5, 0.6) is 5.75 Å². The Morgan fingerprint density at radius 3 is 2.69 bits per heavy atom. The lowest BCUT2D eigenvalue weighted by Gasteiger charge is -2.17. The van der Waals surface area contributed by atoms with Crippen LogP contribution in [0.2, 0.25) is 0 Å². The molecule has 1 aliphatic rings. The maximum atomic E-state index is 12.3. The summed E-state index contributed by atoms with van der Waals surface area (Å²) in [4.78, 5) is 30.4. The number of hydrogen-bond acceptors (Lipinski definition) is 4. The summed E-state index contributed by atoms with van der Waals surface area (Å²) >= 11 is 0. The Morgan fingerprint density at radius 1 is 1.27 bits per heavy atom. The lowest BCUT2D eigenvalue weighted by atomic mass is 10.1. The molecule has 6 nitrogen and oxygen atoms in total. The van der Waals surface area contributed by atoms with Gasteiger partial charge in [0.1, 0.15) is 5.75 Å². The molecule has 2 heterocycles. The van der Waals surface area contributed by atoms with Gasteiger partial charge in [0.05, 0.1) is 18.7 Å². The third-order valence-corrected chi connectivity index (χ3v) is 4.55. The number of aromatic nitrogens is 1. The molecule has 136 valence electrons. The van der Waals surface area contributed by atoms with Crippen molar-refractivity contribution in [2.45, 2.75) is 25.8 Å². The maximum absolute atomic E-state index is 12.3. The van der Waals surface area contributed by atoms with Crippen molar-refractivity contribution in [2.75, 3.05) is 20.2 Å². The molecule has 1 aromatic carbocycles. The van der Waals surface area contributed by atoms with Crippen LogP contribution in [0.1, 0.15) is 28.0 Å². The van der Waals surface area contributed by atoms with Gasteiger partial charge in [0.2, 0.25) is 5.91 Å². The highest BCUT2D eigenvalue weighted by molar-refractivity contribution is 5.94. The van der Waals surface area contributed by atoms with E-state index in [9.17, 15) is 9.59 Å². The zero-order chi connectivity index (χ0) is 18.5. The molecule has 1 aliphatic heterocycles. The van der Waals surface area contributed by atoms with Crippen LogP contribution in [0.3, 0.4) is 0 Å². The van der Waals surface area contributed by atoms with Crippen molar-refractivity contribution in [2.24, 2.45) is 0 Å². The fraction of sp³-hybridized carbons (Fsp3) is 0.350. The molecule has 3 rings (SSSR count). The van der Waals surface area contributed by atoms with Crippen molar-refractivity contribution in [3.63, 3.8) is 0 Å². The molecule has 1 aromatic heterocycles. The number of methoxy groups -OCH3 is 1. The lowest BCUT2D eigenvalue weighted by molar-refractivity contribution is -0.127. The summed E-state index contributed by atoms with van der Waals surface area (Å²) in [7, 11) is 1.64. The Labute approximate surface area is 153 Å². The molecular weight excluding hydrogens is 330 g/mol. The van der Waals surface area contributed by atoms with Gasteiger partial charge in [0.15, 0.2) is 0 Å². The smallest absolute Gasteiger partial charge is 0.253 e. The van der Waals surface area contributed by atoms with Crippen LogP contribution < -0.4 is 10.1 Å². The molecular formula is C20H23N3O3. The average molecular weight is 353 g/mol. The number of nitrogens with zero attached hydrogens (tertiary/aromatic N) is 2. The number of carbonyl (C=O) groups excluding carboxylic acids is 2. The third kappa shape index (κ3) is 4.39. The summed E-state index contributed by atoms with van der Waals surface area (Å²) in [6, 6.07) is 11.2. The summed E-state index contributed by atoms with van der Waals surface area (Å²) in [6.45, 7) is 3.06. The topological polar surface area (TPSA) is 71.5 Å². The van der Waals surface area contributed by atoms with Gasteiger partial charge < -0.3 is 15.0 Å².